The van der Waals surface area contributed by atoms with E-state index in [1.54, 1.807) is 29.6 Å². The highest BCUT2D eigenvalue weighted by molar-refractivity contribution is 6.15. The van der Waals surface area contributed by atoms with E-state index in [9.17, 15) is 9.18 Å². The van der Waals surface area contributed by atoms with Crippen LogP contribution in [0.25, 0.3) is 16.6 Å². The first kappa shape index (κ1) is 26.2. The highest BCUT2D eigenvalue weighted by Gasteiger charge is 2.30. The van der Waals surface area contributed by atoms with Crippen molar-refractivity contribution in [3.05, 3.63) is 112 Å². The Morgan fingerprint density at radius 1 is 1.05 bits per heavy atom. The van der Waals surface area contributed by atoms with Crippen molar-refractivity contribution in [2.75, 3.05) is 5.73 Å². The molecule has 1 fully saturated rings. The van der Waals surface area contributed by atoms with Crippen molar-refractivity contribution in [3.63, 3.8) is 0 Å². The molecular weight excluding hydrogens is 528 g/mol. The second-order valence-electron chi connectivity index (χ2n) is 9.87. The van der Waals surface area contributed by atoms with Crippen molar-refractivity contribution in [2.45, 2.75) is 31.9 Å². The number of nitrogen functional groups attached to an aromatic ring is 1. The first-order chi connectivity index (χ1) is 19.8. The number of quaternary nitrogens is 1. The van der Waals surface area contributed by atoms with E-state index in [0.29, 0.717) is 22.4 Å². The van der Waals surface area contributed by atoms with Crippen LogP contribution in [0.5, 0.6) is 5.75 Å². The third-order valence-corrected chi connectivity index (χ3v) is 6.92. The number of nitrogens with two attached hydrogens (primary N) is 2. The lowest BCUT2D eigenvalue weighted by Gasteiger charge is -2.18. The maximum absolute atomic E-state index is 15.2. The van der Waals surface area contributed by atoms with Crippen molar-refractivity contribution in [1.82, 2.24) is 19.5 Å². The van der Waals surface area contributed by atoms with E-state index in [1.165, 1.54) is 23.0 Å². The maximum Gasteiger partial charge on any atom is 0.266 e. The predicted molar refractivity (Wildman–Crippen MR) is 150 cm³/mol. The summed E-state index contributed by atoms with van der Waals surface area (Å²) in [4.78, 5) is 26.7. The molecule has 3 aromatic carbocycles. The summed E-state index contributed by atoms with van der Waals surface area (Å²) in [5.41, 5.74) is 6.42. The van der Waals surface area contributed by atoms with E-state index >= 15 is 4.39 Å². The summed E-state index contributed by atoms with van der Waals surface area (Å²) in [6, 6.07) is 18.3. The van der Waals surface area contributed by atoms with Crippen LogP contribution in [0.2, 0.25) is 0 Å². The van der Waals surface area contributed by atoms with Gasteiger partial charge in [-0.3, -0.25) is 20.1 Å². The molecule has 9 nitrogen and oxygen atoms in total. The van der Waals surface area contributed by atoms with Crippen LogP contribution in [0, 0.1) is 17.0 Å². The molecule has 0 saturated heterocycles. The van der Waals surface area contributed by atoms with Crippen molar-refractivity contribution < 1.29 is 18.8 Å². The molecule has 1 atom stereocenters. The van der Waals surface area contributed by atoms with Crippen LogP contribution in [0.4, 0.5) is 20.4 Å². The number of anilines is 1. The van der Waals surface area contributed by atoms with Gasteiger partial charge >= 0.3 is 0 Å². The van der Waals surface area contributed by atoms with Gasteiger partial charge in [-0.1, -0.05) is 30.3 Å². The summed E-state index contributed by atoms with van der Waals surface area (Å²) in [5.74, 6) is -2.01. The number of halogens is 2. The Morgan fingerprint density at radius 3 is 2.54 bits per heavy atom. The number of hydrogen-bond donors (Lipinski definition) is 3. The second-order valence-corrected chi connectivity index (χ2v) is 9.87. The number of aromatic nitrogens is 4. The molecule has 0 amide bonds. The highest BCUT2D eigenvalue weighted by Crippen LogP contribution is 2.32. The first-order valence-electron chi connectivity index (χ1n) is 13.1. The van der Waals surface area contributed by atoms with Gasteiger partial charge in [0, 0.05) is 5.56 Å². The van der Waals surface area contributed by atoms with Crippen LogP contribution in [0.1, 0.15) is 42.8 Å². The van der Waals surface area contributed by atoms with Crippen molar-refractivity contribution in [1.29, 1.82) is 5.41 Å². The van der Waals surface area contributed by atoms with E-state index in [4.69, 9.17) is 20.9 Å². The van der Waals surface area contributed by atoms with Gasteiger partial charge in [-0.05, 0) is 56.2 Å². The van der Waals surface area contributed by atoms with Crippen molar-refractivity contribution >= 4 is 28.3 Å². The predicted octanol–water partition coefficient (Wildman–Crippen LogP) is 3.95. The number of nitrogens with zero attached hydrogens (tertiary/aromatic N) is 4. The van der Waals surface area contributed by atoms with Gasteiger partial charge in [-0.25, -0.2) is 14.4 Å². The van der Waals surface area contributed by atoms with E-state index < -0.39 is 17.7 Å². The molecule has 5 N–H and O–H groups in total. The zero-order chi connectivity index (χ0) is 28.7. The highest BCUT2D eigenvalue weighted by atomic mass is 19.2. The summed E-state index contributed by atoms with van der Waals surface area (Å²) in [5, 5.41) is 10.9. The first-order valence-corrected chi connectivity index (χ1v) is 13.1. The van der Waals surface area contributed by atoms with Gasteiger partial charge in [-0.2, -0.15) is 9.37 Å². The molecule has 1 aliphatic carbocycles. The van der Waals surface area contributed by atoms with Gasteiger partial charge in [0.25, 0.3) is 5.56 Å². The number of hydrogen-bond acceptors (Lipinski definition) is 7. The zero-order valence-electron chi connectivity index (χ0n) is 22.0. The lowest BCUT2D eigenvalue weighted by Crippen LogP contribution is -2.80. The molecule has 2 aromatic heterocycles. The second kappa shape index (κ2) is 10.5. The molecule has 0 radical (unpaired) electrons. The molecule has 2 heterocycles. The van der Waals surface area contributed by atoms with Crippen molar-refractivity contribution in [2.24, 2.45) is 0 Å². The van der Waals surface area contributed by atoms with Gasteiger partial charge in [0.1, 0.15) is 23.8 Å². The minimum Gasteiger partial charge on any atom is -0.487 e. The van der Waals surface area contributed by atoms with Crippen LogP contribution >= 0.6 is 0 Å². The Kier molecular flexibility index (Phi) is 6.72. The van der Waals surface area contributed by atoms with Crippen molar-refractivity contribution in [3.8, 4) is 11.4 Å². The third-order valence-electron chi connectivity index (χ3n) is 6.92. The average molecular weight is 555 g/mol. The van der Waals surface area contributed by atoms with Crippen LogP contribution in [-0.4, -0.2) is 31.3 Å². The number of rotatable bonds is 8. The number of benzene rings is 3. The topological polar surface area (TPSA) is 136 Å². The minimum absolute atomic E-state index is 0.0305. The molecule has 6 rings (SSSR count). The largest absolute Gasteiger partial charge is 0.487 e. The number of fused-ring (bicyclic) bond motifs is 1. The molecule has 1 aliphatic rings. The average Bonchev–Trinajstić information content (AvgIpc) is 3.80. The van der Waals surface area contributed by atoms with Crippen LogP contribution in [0.15, 0.2) is 77.9 Å². The zero-order valence-corrected chi connectivity index (χ0v) is 22.0. The molecule has 0 bridgehead atoms. The number of nitrogens with one attached hydrogen (secondary N) is 1. The smallest absolute Gasteiger partial charge is 0.266 e. The lowest BCUT2D eigenvalue weighted by molar-refractivity contribution is -0.619. The normalized spacial score (nSPS) is 13.7. The molecule has 0 aliphatic heterocycles. The monoisotopic (exact) mass is 554 g/mol. The fraction of sp³-hybridized carbons (Fsp3) is 0.167. The minimum atomic E-state index is -1.22. The van der Waals surface area contributed by atoms with Gasteiger partial charge in [0.2, 0.25) is 11.6 Å². The molecule has 206 valence electrons. The van der Waals surface area contributed by atoms with Crippen LogP contribution < -0.4 is 21.3 Å². The van der Waals surface area contributed by atoms with E-state index in [1.807, 2.05) is 37.3 Å². The summed E-state index contributed by atoms with van der Waals surface area (Å²) in [7, 11) is 0. The standard InChI is InChI=1S/C30H25F2N7O2/c1-16(29-38-21-10-6-5-9-19(21)30(40)39(29)17-7-3-2-4-8-17)37-28-23(27(34)35-15-36-28)26(33)20-13-14-22(25(32)24(20)31)41-18-11-12-18/h2-10,13-16,18,33H,11-12H2,1H3,(H3,34,35,36,37)/p+1. The van der Waals surface area contributed by atoms with Gasteiger partial charge in [0.15, 0.2) is 17.4 Å². The molecule has 41 heavy (non-hydrogen) atoms. The molecule has 1 unspecified atom stereocenters. The fourth-order valence-electron chi connectivity index (χ4n) is 4.71. The van der Waals surface area contributed by atoms with Gasteiger partial charge in [0.05, 0.1) is 28.4 Å². The number of para-hydroxylation sites is 2. The Balaban J connectivity index is 1.41. The quantitative estimate of drug-likeness (QED) is 0.249. The SMILES string of the molecule is CC([NH2+]c1ncnc(N)c1C(=N)c1ccc(OC2CC2)c(F)c1F)c1nc2ccccc2c(=O)n1-c1ccccc1. The van der Waals surface area contributed by atoms with Crippen LogP contribution in [0.3, 0.4) is 0 Å². The molecule has 11 heteroatoms. The summed E-state index contributed by atoms with van der Waals surface area (Å²) < 4.78 is 37.0. The molecule has 0 spiro atoms. The Morgan fingerprint density at radius 2 is 1.78 bits per heavy atom. The summed E-state index contributed by atoms with van der Waals surface area (Å²) >= 11 is 0. The summed E-state index contributed by atoms with van der Waals surface area (Å²) in [6.07, 6.45) is 2.69. The number of ether oxygens (including phenoxy) is 1. The van der Waals surface area contributed by atoms with Gasteiger partial charge in [-0.15, -0.1) is 0 Å². The molecular formula is C30H26F2N7O2+. The third kappa shape index (κ3) is 4.91. The fourth-order valence-corrected chi connectivity index (χ4v) is 4.71. The lowest BCUT2D eigenvalue weighted by atomic mass is 10.0. The van der Waals surface area contributed by atoms with E-state index in [2.05, 4.69) is 9.97 Å². The van der Waals surface area contributed by atoms with E-state index in [-0.39, 0.29) is 45.9 Å². The Bertz CT molecular complexity index is 1860. The Labute approximate surface area is 233 Å². The molecule has 1 saturated carbocycles. The summed E-state index contributed by atoms with van der Waals surface area (Å²) in [6.45, 7) is 1.83. The van der Waals surface area contributed by atoms with Crippen LogP contribution in [-0.2, 0) is 0 Å². The Hall–Kier alpha value is -5.03. The molecule has 5 aromatic rings. The van der Waals surface area contributed by atoms with Gasteiger partial charge < -0.3 is 10.5 Å². The maximum atomic E-state index is 15.2. The van der Waals surface area contributed by atoms with E-state index in [0.717, 1.165) is 12.8 Å².